The zero-order chi connectivity index (χ0) is 14.7. The molecule has 6 heteroatoms. The van der Waals surface area contributed by atoms with Crippen LogP contribution in [0, 0.1) is 5.41 Å². The number of nitrogens with two attached hydrogens (primary N) is 1. The number of carbonyl (C=O) groups excluding carboxylic acids is 1. The van der Waals surface area contributed by atoms with E-state index in [9.17, 15) is 4.79 Å². The molecule has 0 saturated heterocycles. The van der Waals surface area contributed by atoms with Crippen molar-refractivity contribution < 1.29 is 4.79 Å². The maximum absolute atomic E-state index is 12.4. The summed E-state index contributed by atoms with van der Waals surface area (Å²) in [6, 6.07) is 7.78. The van der Waals surface area contributed by atoms with Crippen LogP contribution >= 0.6 is 0 Å². The summed E-state index contributed by atoms with van der Waals surface area (Å²) in [5, 5.41) is 7.07. The fourth-order valence-electron chi connectivity index (χ4n) is 2.64. The number of hydrogen-bond acceptors (Lipinski definition) is 4. The average Bonchev–Trinajstić information content (AvgIpc) is 2.91. The largest absolute Gasteiger partial charge is 0.329 e. The topological polar surface area (TPSA) is 85.8 Å². The molecule has 0 radical (unpaired) electrons. The summed E-state index contributed by atoms with van der Waals surface area (Å²) >= 11 is 0. The van der Waals surface area contributed by atoms with Gasteiger partial charge < -0.3 is 11.1 Å². The van der Waals surface area contributed by atoms with Crippen LogP contribution in [0.4, 0.5) is 5.69 Å². The fraction of sp³-hybridized carbons (Fsp3) is 0.400. The van der Waals surface area contributed by atoms with E-state index in [0.29, 0.717) is 13.1 Å². The van der Waals surface area contributed by atoms with Crippen LogP contribution in [0.25, 0.3) is 0 Å². The zero-order valence-corrected chi connectivity index (χ0v) is 11.8. The van der Waals surface area contributed by atoms with E-state index < -0.39 is 0 Å². The van der Waals surface area contributed by atoms with Crippen LogP contribution in [0.1, 0.15) is 24.8 Å². The summed E-state index contributed by atoms with van der Waals surface area (Å²) in [7, 11) is 0. The number of carbonyl (C=O) groups is 1. The Morgan fingerprint density at radius 1 is 1.43 bits per heavy atom. The highest BCUT2D eigenvalue weighted by molar-refractivity contribution is 5.96. The molecule has 0 aliphatic heterocycles. The van der Waals surface area contributed by atoms with E-state index in [4.69, 9.17) is 5.73 Å². The van der Waals surface area contributed by atoms with Crippen molar-refractivity contribution in [3.8, 4) is 0 Å². The van der Waals surface area contributed by atoms with Gasteiger partial charge in [0.2, 0.25) is 5.91 Å². The van der Waals surface area contributed by atoms with Crippen molar-refractivity contribution in [2.24, 2.45) is 11.1 Å². The number of nitrogens with one attached hydrogen (secondary N) is 1. The minimum Gasteiger partial charge on any atom is -0.329 e. The summed E-state index contributed by atoms with van der Waals surface area (Å²) < 4.78 is 1.74. The Labute approximate surface area is 123 Å². The van der Waals surface area contributed by atoms with Gasteiger partial charge in [0, 0.05) is 12.2 Å². The van der Waals surface area contributed by atoms with Crippen LogP contribution in [0.15, 0.2) is 36.9 Å². The van der Waals surface area contributed by atoms with E-state index in [0.717, 1.165) is 30.5 Å². The first-order chi connectivity index (χ1) is 10.2. The predicted octanol–water partition coefficient (Wildman–Crippen LogP) is 1.39. The Kier molecular flexibility index (Phi) is 3.70. The molecule has 1 aliphatic carbocycles. The van der Waals surface area contributed by atoms with Gasteiger partial charge in [0.15, 0.2) is 0 Å². The van der Waals surface area contributed by atoms with Crippen LogP contribution in [-0.4, -0.2) is 27.2 Å². The van der Waals surface area contributed by atoms with E-state index in [1.54, 1.807) is 11.0 Å². The minimum atomic E-state index is -0.359. The van der Waals surface area contributed by atoms with Crippen LogP contribution < -0.4 is 11.1 Å². The van der Waals surface area contributed by atoms with Crippen molar-refractivity contribution in [2.75, 3.05) is 11.9 Å². The highest BCUT2D eigenvalue weighted by Gasteiger charge is 2.42. The van der Waals surface area contributed by atoms with Crippen LogP contribution in [0.3, 0.4) is 0 Å². The lowest BCUT2D eigenvalue weighted by Gasteiger charge is -2.39. The fourth-order valence-corrected chi connectivity index (χ4v) is 2.64. The summed E-state index contributed by atoms with van der Waals surface area (Å²) in [5.41, 5.74) is 7.27. The van der Waals surface area contributed by atoms with E-state index in [1.807, 2.05) is 24.3 Å². The van der Waals surface area contributed by atoms with Gasteiger partial charge in [-0.3, -0.25) is 4.79 Å². The lowest BCUT2D eigenvalue weighted by molar-refractivity contribution is -0.129. The summed E-state index contributed by atoms with van der Waals surface area (Å²) in [6.07, 6.45) is 6.02. The predicted molar refractivity (Wildman–Crippen MR) is 79.5 cm³/mol. The molecule has 0 spiro atoms. The number of hydrogen-bond donors (Lipinski definition) is 2. The molecule has 0 unspecified atom stereocenters. The number of benzene rings is 1. The van der Waals surface area contributed by atoms with Crippen molar-refractivity contribution in [3.05, 3.63) is 42.5 Å². The van der Waals surface area contributed by atoms with Gasteiger partial charge in [0.25, 0.3) is 0 Å². The molecule has 2 aromatic rings. The third-order valence-corrected chi connectivity index (χ3v) is 4.18. The second-order valence-electron chi connectivity index (χ2n) is 5.59. The first-order valence-electron chi connectivity index (χ1n) is 7.15. The molecule has 1 aromatic carbocycles. The van der Waals surface area contributed by atoms with Gasteiger partial charge in [-0.15, -0.1) is 0 Å². The van der Waals surface area contributed by atoms with Crippen molar-refractivity contribution >= 4 is 11.6 Å². The first kappa shape index (κ1) is 13.8. The van der Waals surface area contributed by atoms with Crippen molar-refractivity contribution in [1.29, 1.82) is 0 Å². The number of rotatable bonds is 5. The molecule has 3 rings (SSSR count). The summed E-state index contributed by atoms with van der Waals surface area (Å²) in [4.78, 5) is 16.3. The maximum atomic E-state index is 12.4. The maximum Gasteiger partial charge on any atom is 0.231 e. The molecule has 3 N–H and O–H groups in total. The molecule has 1 aliphatic rings. The Morgan fingerprint density at radius 2 is 2.29 bits per heavy atom. The molecule has 1 heterocycles. The van der Waals surface area contributed by atoms with Gasteiger partial charge in [-0.05, 0) is 30.5 Å². The average molecular weight is 285 g/mol. The molecule has 1 saturated carbocycles. The summed E-state index contributed by atoms with van der Waals surface area (Å²) in [6.45, 7) is 1.04. The molecular formula is C15H19N5O. The van der Waals surface area contributed by atoms with Crippen LogP contribution in [0.5, 0.6) is 0 Å². The molecule has 1 fully saturated rings. The molecule has 1 aromatic heterocycles. The summed E-state index contributed by atoms with van der Waals surface area (Å²) in [5.74, 6) is 0.0363. The van der Waals surface area contributed by atoms with E-state index in [-0.39, 0.29) is 11.3 Å². The minimum absolute atomic E-state index is 0.0363. The Morgan fingerprint density at radius 3 is 2.90 bits per heavy atom. The molecule has 21 heavy (non-hydrogen) atoms. The van der Waals surface area contributed by atoms with E-state index in [2.05, 4.69) is 15.4 Å². The second-order valence-corrected chi connectivity index (χ2v) is 5.59. The zero-order valence-electron chi connectivity index (χ0n) is 11.8. The smallest absolute Gasteiger partial charge is 0.231 e. The molecule has 1 amide bonds. The standard InChI is InChI=1S/C15H19N5O/c16-9-15(5-2-6-15)14(21)19-13-4-1-3-12(7-13)8-20-11-17-10-18-20/h1,3-4,7,10-11H,2,5-6,8-9,16H2,(H,19,21). The van der Waals surface area contributed by atoms with Gasteiger partial charge in [-0.1, -0.05) is 18.6 Å². The number of amides is 1. The van der Waals surface area contributed by atoms with Crippen LogP contribution in [-0.2, 0) is 11.3 Å². The Balaban J connectivity index is 1.70. The monoisotopic (exact) mass is 285 g/mol. The second kappa shape index (κ2) is 5.65. The van der Waals surface area contributed by atoms with Gasteiger partial charge in [0.1, 0.15) is 12.7 Å². The third-order valence-electron chi connectivity index (χ3n) is 4.18. The molecule has 6 nitrogen and oxygen atoms in total. The number of anilines is 1. The SMILES string of the molecule is NCC1(C(=O)Nc2cccc(Cn3cncn3)c2)CCC1. The van der Waals surface area contributed by atoms with Crippen molar-refractivity contribution in [2.45, 2.75) is 25.8 Å². The van der Waals surface area contributed by atoms with Gasteiger partial charge >= 0.3 is 0 Å². The van der Waals surface area contributed by atoms with Crippen molar-refractivity contribution in [3.63, 3.8) is 0 Å². The number of aromatic nitrogens is 3. The molecule has 110 valence electrons. The highest BCUT2D eigenvalue weighted by Crippen LogP contribution is 2.40. The quantitative estimate of drug-likeness (QED) is 0.869. The molecular weight excluding hydrogens is 266 g/mol. The normalized spacial score (nSPS) is 16.2. The van der Waals surface area contributed by atoms with Gasteiger partial charge in [-0.25, -0.2) is 9.67 Å². The molecule has 0 atom stereocenters. The Hall–Kier alpha value is -2.21. The van der Waals surface area contributed by atoms with E-state index in [1.165, 1.54) is 6.33 Å². The Bertz CT molecular complexity index is 613. The lowest BCUT2D eigenvalue weighted by atomic mass is 9.68. The van der Waals surface area contributed by atoms with Gasteiger partial charge in [-0.2, -0.15) is 5.10 Å². The van der Waals surface area contributed by atoms with Gasteiger partial charge in [0.05, 0.1) is 12.0 Å². The number of nitrogens with zero attached hydrogens (tertiary/aromatic N) is 3. The molecule has 0 bridgehead atoms. The lowest BCUT2D eigenvalue weighted by Crippen LogP contribution is -2.47. The third kappa shape index (κ3) is 2.80. The highest BCUT2D eigenvalue weighted by atomic mass is 16.2. The van der Waals surface area contributed by atoms with Crippen LogP contribution in [0.2, 0.25) is 0 Å². The first-order valence-corrected chi connectivity index (χ1v) is 7.15. The van der Waals surface area contributed by atoms with Crippen molar-refractivity contribution in [1.82, 2.24) is 14.8 Å². The van der Waals surface area contributed by atoms with E-state index >= 15 is 0 Å².